The number of hydrogen-bond acceptors (Lipinski definition) is 5. The van der Waals surface area contributed by atoms with Crippen LogP contribution in [0.3, 0.4) is 0 Å². The number of ether oxygens (including phenoxy) is 2. The highest BCUT2D eigenvalue weighted by Gasteiger charge is 2.26. The van der Waals surface area contributed by atoms with E-state index in [2.05, 4.69) is 5.32 Å². The highest BCUT2D eigenvalue weighted by molar-refractivity contribution is 7.92. The van der Waals surface area contributed by atoms with Crippen LogP contribution in [-0.2, 0) is 27.7 Å². The Kier molecular flexibility index (Phi) is 6.21. The van der Waals surface area contributed by atoms with Crippen molar-refractivity contribution in [3.05, 3.63) is 59.2 Å². The first kappa shape index (κ1) is 20.2. The van der Waals surface area contributed by atoms with Gasteiger partial charge in [-0.25, -0.2) is 8.42 Å². The molecule has 0 spiro atoms. The number of nitrogens with zero attached hydrogens (tertiary/aromatic N) is 1. The van der Waals surface area contributed by atoms with Gasteiger partial charge in [0.25, 0.3) is 5.91 Å². The van der Waals surface area contributed by atoms with Gasteiger partial charge in [0.2, 0.25) is 10.0 Å². The molecule has 1 amide bonds. The van der Waals surface area contributed by atoms with E-state index in [1.54, 1.807) is 25.3 Å². The number of rotatable bonds is 8. The molecule has 2 aromatic rings. The van der Waals surface area contributed by atoms with Crippen molar-refractivity contribution in [3.8, 4) is 5.75 Å². The van der Waals surface area contributed by atoms with Crippen LogP contribution in [-0.4, -0.2) is 47.4 Å². The summed E-state index contributed by atoms with van der Waals surface area (Å²) >= 11 is 0. The van der Waals surface area contributed by atoms with E-state index in [0.717, 1.165) is 16.9 Å². The Bertz CT molecular complexity index is 942. The van der Waals surface area contributed by atoms with Gasteiger partial charge in [0.15, 0.2) is 0 Å². The average molecular weight is 404 g/mol. The number of amides is 1. The molecule has 0 unspecified atom stereocenters. The summed E-state index contributed by atoms with van der Waals surface area (Å²) in [4.78, 5) is 12.5. The summed E-state index contributed by atoms with van der Waals surface area (Å²) in [6.07, 6.45) is 1.80. The fourth-order valence-corrected chi connectivity index (χ4v) is 4.05. The van der Waals surface area contributed by atoms with E-state index in [0.29, 0.717) is 44.0 Å². The van der Waals surface area contributed by atoms with Crippen molar-refractivity contribution in [2.75, 3.05) is 37.4 Å². The Morgan fingerprint density at radius 3 is 2.57 bits per heavy atom. The number of carbonyl (C=O) groups is 1. The minimum absolute atomic E-state index is 0.193. The van der Waals surface area contributed by atoms with Crippen LogP contribution in [0.1, 0.15) is 21.5 Å². The molecule has 0 fully saturated rings. The van der Waals surface area contributed by atoms with Crippen LogP contribution in [0.2, 0.25) is 0 Å². The molecule has 1 aliphatic rings. The molecular weight excluding hydrogens is 380 g/mol. The van der Waals surface area contributed by atoms with E-state index in [-0.39, 0.29) is 5.91 Å². The van der Waals surface area contributed by atoms with Crippen molar-refractivity contribution in [1.82, 2.24) is 5.32 Å². The maximum Gasteiger partial charge on any atom is 0.251 e. The number of sulfonamides is 1. The third kappa shape index (κ3) is 4.82. The van der Waals surface area contributed by atoms with Gasteiger partial charge < -0.3 is 14.8 Å². The van der Waals surface area contributed by atoms with Gasteiger partial charge in [-0.2, -0.15) is 0 Å². The minimum atomic E-state index is -3.29. The smallest absolute Gasteiger partial charge is 0.251 e. The minimum Gasteiger partial charge on any atom is -0.491 e. The van der Waals surface area contributed by atoms with Crippen molar-refractivity contribution in [3.63, 3.8) is 0 Å². The molecule has 7 nitrogen and oxygen atoms in total. The van der Waals surface area contributed by atoms with Crippen molar-refractivity contribution in [2.24, 2.45) is 0 Å². The summed E-state index contributed by atoms with van der Waals surface area (Å²) in [6, 6.07) is 12.6. The Balaban J connectivity index is 1.58. The molecule has 0 aliphatic carbocycles. The van der Waals surface area contributed by atoms with Gasteiger partial charge in [-0.3, -0.25) is 9.10 Å². The summed E-state index contributed by atoms with van der Waals surface area (Å²) in [5.41, 5.74) is 3.00. The monoisotopic (exact) mass is 404 g/mol. The third-order valence-electron chi connectivity index (χ3n) is 4.53. The van der Waals surface area contributed by atoms with Gasteiger partial charge in [-0.05, 0) is 47.9 Å². The van der Waals surface area contributed by atoms with E-state index >= 15 is 0 Å². The first-order chi connectivity index (χ1) is 13.4. The highest BCUT2D eigenvalue weighted by Crippen LogP contribution is 2.30. The molecule has 0 bridgehead atoms. The predicted molar refractivity (Wildman–Crippen MR) is 107 cm³/mol. The molecule has 1 heterocycles. The van der Waals surface area contributed by atoms with Crippen LogP contribution in [0, 0.1) is 0 Å². The first-order valence-electron chi connectivity index (χ1n) is 8.98. The van der Waals surface area contributed by atoms with Crippen LogP contribution in [0.5, 0.6) is 5.75 Å². The molecule has 2 aromatic carbocycles. The molecule has 3 rings (SSSR count). The topological polar surface area (TPSA) is 84.9 Å². The molecule has 0 saturated heterocycles. The number of hydrogen-bond donors (Lipinski definition) is 1. The Labute approximate surface area is 165 Å². The molecule has 8 heteroatoms. The lowest BCUT2D eigenvalue weighted by Gasteiger charge is -2.16. The number of benzene rings is 2. The van der Waals surface area contributed by atoms with Crippen molar-refractivity contribution < 1.29 is 22.7 Å². The van der Waals surface area contributed by atoms with Crippen molar-refractivity contribution in [2.45, 2.75) is 13.0 Å². The van der Waals surface area contributed by atoms with Crippen LogP contribution < -0.4 is 14.4 Å². The Hall–Kier alpha value is -2.58. The van der Waals surface area contributed by atoms with Gasteiger partial charge >= 0.3 is 0 Å². The second-order valence-corrected chi connectivity index (χ2v) is 8.50. The molecule has 28 heavy (non-hydrogen) atoms. The average Bonchev–Trinajstić information content (AvgIpc) is 3.11. The quantitative estimate of drug-likeness (QED) is 0.680. The molecule has 1 aliphatic heterocycles. The molecule has 0 atom stereocenters. The van der Waals surface area contributed by atoms with Crippen LogP contribution in [0.4, 0.5) is 5.69 Å². The summed E-state index contributed by atoms with van der Waals surface area (Å²) in [5, 5.41) is 2.89. The van der Waals surface area contributed by atoms with E-state index in [9.17, 15) is 13.2 Å². The molecule has 0 saturated carbocycles. The van der Waals surface area contributed by atoms with E-state index < -0.39 is 10.0 Å². The lowest BCUT2D eigenvalue weighted by atomic mass is 10.1. The van der Waals surface area contributed by atoms with E-state index in [4.69, 9.17) is 9.47 Å². The van der Waals surface area contributed by atoms with Gasteiger partial charge in [0.05, 0.1) is 18.6 Å². The number of nitrogens with one attached hydrogen (secondary N) is 1. The highest BCUT2D eigenvalue weighted by atomic mass is 32.2. The lowest BCUT2D eigenvalue weighted by Crippen LogP contribution is -2.27. The Morgan fingerprint density at radius 1 is 1.14 bits per heavy atom. The van der Waals surface area contributed by atoms with Crippen LogP contribution in [0.15, 0.2) is 42.5 Å². The summed E-state index contributed by atoms with van der Waals surface area (Å²) in [7, 11) is -1.67. The standard InChI is InChI=1S/C20H24N2O5S/c1-26-11-12-27-18-6-3-15(4-7-18)14-21-20(23)17-5-8-19-16(13-17)9-10-22(19)28(2,24)25/h3-8,13H,9-12,14H2,1-2H3,(H,21,23). The molecular formula is C20H24N2O5S. The maximum atomic E-state index is 12.5. The van der Waals surface area contributed by atoms with Gasteiger partial charge in [0.1, 0.15) is 12.4 Å². The van der Waals surface area contributed by atoms with Crippen molar-refractivity contribution >= 4 is 21.6 Å². The van der Waals surface area contributed by atoms with Crippen LogP contribution >= 0.6 is 0 Å². The van der Waals surface area contributed by atoms with Gasteiger partial charge in [0, 0.05) is 25.8 Å². The summed E-state index contributed by atoms with van der Waals surface area (Å²) in [5.74, 6) is 0.558. The second-order valence-electron chi connectivity index (χ2n) is 6.60. The number of carbonyl (C=O) groups excluding carboxylic acids is 1. The van der Waals surface area contributed by atoms with Crippen molar-refractivity contribution in [1.29, 1.82) is 0 Å². The number of anilines is 1. The fraction of sp³-hybridized carbons (Fsp3) is 0.350. The van der Waals surface area contributed by atoms with Gasteiger partial charge in [-0.15, -0.1) is 0 Å². The molecule has 0 radical (unpaired) electrons. The zero-order valence-corrected chi connectivity index (χ0v) is 16.8. The number of fused-ring (bicyclic) bond motifs is 1. The molecule has 0 aromatic heterocycles. The second kappa shape index (κ2) is 8.62. The Morgan fingerprint density at radius 2 is 1.89 bits per heavy atom. The molecule has 150 valence electrons. The maximum absolute atomic E-state index is 12.5. The molecule has 1 N–H and O–H groups in total. The normalized spacial score (nSPS) is 13.3. The van der Waals surface area contributed by atoms with Crippen LogP contribution in [0.25, 0.3) is 0 Å². The fourth-order valence-electron chi connectivity index (χ4n) is 3.09. The van der Waals surface area contributed by atoms with E-state index in [1.165, 1.54) is 10.6 Å². The lowest BCUT2D eigenvalue weighted by molar-refractivity contribution is 0.0951. The first-order valence-corrected chi connectivity index (χ1v) is 10.8. The largest absolute Gasteiger partial charge is 0.491 e. The summed E-state index contributed by atoms with van der Waals surface area (Å²) in [6.45, 7) is 1.82. The zero-order valence-electron chi connectivity index (χ0n) is 16.0. The van der Waals surface area contributed by atoms with Gasteiger partial charge in [-0.1, -0.05) is 12.1 Å². The van der Waals surface area contributed by atoms with E-state index in [1.807, 2.05) is 24.3 Å². The zero-order chi connectivity index (χ0) is 20.1. The predicted octanol–water partition coefficient (Wildman–Crippen LogP) is 1.96. The third-order valence-corrected chi connectivity index (χ3v) is 5.71. The summed E-state index contributed by atoms with van der Waals surface area (Å²) < 4.78 is 35.4. The SMILES string of the molecule is COCCOc1ccc(CNC(=O)c2ccc3c(c2)CCN3S(C)(=O)=O)cc1. The number of methoxy groups -OCH3 is 1.